The van der Waals surface area contributed by atoms with E-state index in [1.807, 2.05) is 7.05 Å². The predicted octanol–water partition coefficient (Wildman–Crippen LogP) is 2.17. The molecule has 1 saturated heterocycles. The van der Waals surface area contributed by atoms with Crippen LogP contribution in [-0.2, 0) is 4.79 Å². The summed E-state index contributed by atoms with van der Waals surface area (Å²) in [6, 6.07) is 0.541. The molecule has 0 radical (unpaired) electrons. The summed E-state index contributed by atoms with van der Waals surface area (Å²) in [7, 11) is 1.85. The number of amides is 1. The molecule has 0 spiro atoms. The second-order valence-corrected chi connectivity index (χ2v) is 5.65. The van der Waals surface area contributed by atoms with Gasteiger partial charge in [0.25, 0.3) is 0 Å². The number of nitrogens with zero attached hydrogens (tertiary/aromatic N) is 1. The molecule has 17 heavy (non-hydrogen) atoms. The van der Waals surface area contributed by atoms with Crippen LogP contribution >= 0.6 is 0 Å². The van der Waals surface area contributed by atoms with E-state index in [2.05, 4.69) is 10.2 Å². The number of hydrogen-bond acceptors (Lipinski definition) is 2. The molecular formula is C14H26N2O. The lowest BCUT2D eigenvalue weighted by Crippen LogP contribution is -2.41. The van der Waals surface area contributed by atoms with E-state index in [0.717, 1.165) is 12.5 Å². The third-order valence-corrected chi connectivity index (χ3v) is 4.36. The first-order valence-corrected chi connectivity index (χ1v) is 7.25. The molecule has 1 unspecified atom stereocenters. The van der Waals surface area contributed by atoms with Crippen molar-refractivity contribution in [1.82, 2.24) is 10.2 Å². The maximum atomic E-state index is 12.0. The van der Waals surface area contributed by atoms with Crippen molar-refractivity contribution in [3.8, 4) is 0 Å². The van der Waals surface area contributed by atoms with Crippen LogP contribution in [-0.4, -0.2) is 37.0 Å². The van der Waals surface area contributed by atoms with Crippen molar-refractivity contribution < 1.29 is 4.79 Å². The Morgan fingerprint density at radius 1 is 1.18 bits per heavy atom. The number of rotatable bonds is 4. The van der Waals surface area contributed by atoms with Gasteiger partial charge in [-0.2, -0.15) is 0 Å². The summed E-state index contributed by atoms with van der Waals surface area (Å²) in [5.74, 6) is 1.18. The molecule has 0 aromatic carbocycles. The molecule has 0 aromatic heterocycles. The first-order chi connectivity index (χ1) is 8.31. The van der Waals surface area contributed by atoms with Crippen LogP contribution in [0, 0.1) is 5.92 Å². The van der Waals surface area contributed by atoms with Gasteiger partial charge >= 0.3 is 0 Å². The minimum Gasteiger partial charge on any atom is -0.339 e. The Hall–Kier alpha value is -0.570. The van der Waals surface area contributed by atoms with Crippen molar-refractivity contribution in [2.24, 2.45) is 5.92 Å². The summed E-state index contributed by atoms with van der Waals surface area (Å²) >= 11 is 0. The smallest absolute Gasteiger partial charge is 0.236 e. The molecule has 1 amide bonds. The minimum atomic E-state index is 0.297. The van der Waals surface area contributed by atoms with Crippen molar-refractivity contribution >= 4 is 5.91 Å². The number of nitrogens with one attached hydrogen (secondary N) is 1. The van der Waals surface area contributed by atoms with Crippen LogP contribution in [0.4, 0.5) is 0 Å². The fraction of sp³-hybridized carbons (Fsp3) is 0.929. The highest BCUT2D eigenvalue weighted by Crippen LogP contribution is 2.31. The summed E-state index contributed by atoms with van der Waals surface area (Å²) in [4.78, 5) is 14.1. The van der Waals surface area contributed by atoms with E-state index in [4.69, 9.17) is 0 Å². The average molecular weight is 238 g/mol. The zero-order chi connectivity index (χ0) is 12.1. The van der Waals surface area contributed by atoms with Gasteiger partial charge in [-0.15, -0.1) is 0 Å². The van der Waals surface area contributed by atoms with Crippen LogP contribution in [0.15, 0.2) is 0 Å². The molecule has 98 valence electrons. The van der Waals surface area contributed by atoms with Crippen molar-refractivity contribution in [2.75, 3.05) is 20.1 Å². The molecule has 2 aliphatic rings. The van der Waals surface area contributed by atoms with Crippen LogP contribution in [0.1, 0.15) is 51.4 Å². The number of likely N-dealkylation sites (tertiary alicyclic amines) is 1. The summed E-state index contributed by atoms with van der Waals surface area (Å²) in [6.07, 6.45) is 10.7. The topological polar surface area (TPSA) is 32.3 Å². The zero-order valence-corrected chi connectivity index (χ0v) is 11.1. The van der Waals surface area contributed by atoms with Crippen LogP contribution in [0.25, 0.3) is 0 Å². The largest absolute Gasteiger partial charge is 0.339 e. The first kappa shape index (κ1) is 12.9. The predicted molar refractivity (Wildman–Crippen MR) is 69.9 cm³/mol. The summed E-state index contributed by atoms with van der Waals surface area (Å²) in [5.41, 5.74) is 0. The lowest BCUT2D eigenvalue weighted by molar-refractivity contribution is -0.131. The van der Waals surface area contributed by atoms with Crippen molar-refractivity contribution in [2.45, 2.75) is 57.4 Å². The molecule has 1 atom stereocenters. The molecule has 1 heterocycles. The van der Waals surface area contributed by atoms with Crippen molar-refractivity contribution in [1.29, 1.82) is 0 Å². The third-order valence-electron chi connectivity index (χ3n) is 4.36. The summed E-state index contributed by atoms with van der Waals surface area (Å²) in [5, 5.41) is 2.98. The third kappa shape index (κ3) is 3.44. The fourth-order valence-electron chi connectivity index (χ4n) is 3.47. The van der Waals surface area contributed by atoms with Crippen molar-refractivity contribution in [3.63, 3.8) is 0 Å². The summed E-state index contributed by atoms with van der Waals surface area (Å²) < 4.78 is 0. The van der Waals surface area contributed by atoms with E-state index in [0.29, 0.717) is 18.5 Å². The lowest BCUT2D eigenvalue weighted by Gasteiger charge is -2.30. The molecule has 0 bridgehead atoms. The van der Waals surface area contributed by atoms with Gasteiger partial charge < -0.3 is 10.2 Å². The van der Waals surface area contributed by atoms with E-state index in [1.165, 1.54) is 51.4 Å². The van der Waals surface area contributed by atoms with E-state index in [1.54, 1.807) is 0 Å². The van der Waals surface area contributed by atoms with Gasteiger partial charge in [0.05, 0.1) is 6.54 Å². The van der Waals surface area contributed by atoms with E-state index in [9.17, 15) is 4.79 Å². The Morgan fingerprint density at radius 3 is 2.65 bits per heavy atom. The number of hydrogen-bond donors (Lipinski definition) is 1. The molecule has 1 aliphatic heterocycles. The van der Waals surface area contributed by atoms with E-state index >= 15 is 0 Å². The Bertz CT molecular complexity index is 249. The maximum absolute atomic E-state index is 12.0. The van der Waals surface area contributed by atoms with Gasteiger partial charge in [-0.1, -0.05) is 32.1 Å². The molecule has 2 fully saturated rings. The number of likely N-dealkylation sites (N-methyl/N-ethyl adjacent to an activating group) is 1. The van der Waals surface area contributed by atoms with Crippen LogP contribution in [0.2, 0.25) is 0 Å². The van der Waals surface area contributed by atoms with Gasteiger partial charge in [0.2, 0.25) is 5.91 Å². The number of carbonyl (C=O) groups excluding carboxylic acids is 1. The second kappa shape index (κ2) is 6.39. The van der Waals surface area contributed by atoms with E-state index < -0.39 is 0 Å². The fourth-order valence-corrected chi connectivity index (χ4v) is 3.47. The normalized spacial score (nSPS) is 26.4. The molecule has 0 aromatic rings. The molecule has 3 nitrogen and oxygen atoms in total. The standard InChI is InChI=1S/C14H26N2O/c1-15-11-14(17)16-9-5-8-13(16)10-12-6-3-2-4-7-12/h12-13,15H,2-11H2,1H3. The van der Waals surface area contributed by atoms with Crippen LogP contribution in [0.3, 0.4) is 0 Å². The van der Waals surface area contributed by atoms with Crippen LogP contribution in [0.5, 0.6) is 0 Å². The molecular weight excluding hydrogens is 212 g/mol. The first-order valence-electron chi connectivity index (χ1n) is 7.25. The van der Waals surface area contributed by atoms with Gasteiger partial charge in [0, 0.05) is 12.6 Å². The minimum absolute atomic E-state index is 0.297. The van der Waals surface area contributed by atoms with Crippen LogP contribution < -0.4 is 5.32 Å². The molecule has 1 aliphatic carbocycles. The zero-order valence-electron chi connectivity index (χ0n) is 11.1. The Morgan fingerprint density at radius 2 is 1.94 bits per heavy atom. The van der Waals surface area contributed by atoms with Gasteiger partial charge in [-0.25, -0.2) is 0 Å². The van der Waals surface area contributed by atoms with E-state index in [-0.39, 0.29) is 0 Å². The Labute approximate surface area is 105 Å². The Balaban J connectivity index is 1.83. The van der Waals surface area contributed by atoms with Gasteiger partial charge in [-0.3, -0.25) is 4.79 Å². The monoisotopic (exact) mass is 238 g/mol. The second-order valence-electron chi connectivity index (χ2n) is 5.65. The van der Waals surface area contributed by atoms with Gasteiger partial charge in [-0.05, 0) is 32.2 Å². The molecule has 3 heteroatoms. The average Bonchev–Trinajstić information content (AvgIpc) is 2.79. The summed E-state index contributed by atoms with van der Waals surface area (Å²) in [6.45, 7) is 1.49. The molecule has 2 rings (SSSR count). The lowest BCUT2D eigenvalue weighted by atomic mass is 9.84. The maximum Gasteiger partial charge on any atom is 0.236 e. The highest BCUT2D eigenvalue weighted by molar-refractivity contribution is 5.78. The quantitative estimate of drug-likeness (QED) is 0.814. The highest BCUT2D eigenvalue weighted by Gasteiger charge is 2.30. The SMILES string of the molecule is CNCC(=O)N1CCCC1CC1CCCCC1. The highest BCUT2D eigenvalue weighted by atomic mass is 16.2. The number of carbonyl (C=O) groups is 1. The Kier molecular flexibility index (Phi) is 4.84. The van der Waals surface area contributed by atoms with Crippen molar-refractivity contribution in [3.05, 3.63) is 0 Å². The molecule has 1 saturated carbocycles. The van der Waals surface area contributed by atoms with Gasteiger partial charge in [0.15, 0.2) is 0 Å². The van der Waals surface area contributed by atoms with Gasteiger partial charge in [0.1, 0.15) is 0 Å². The molecule has 1 N–H and O–H groups in total.